The van der Waals surface area contributed by atoms with Crippen LogP contribution in [0.1, 0.15) is 18.1 Å². The summed E-state index contributed by atoms with van der Waals surface area (Å²) < 4.78 is 53.9. The first-order valence-corrected chi connectivity index (χ1v) is 16.0. The van der Waals surface area contributed by atoms with E-state index in [2.05, 4.69) is 33.1 Å². The lowest BCUT2D eigenvalue weighted by Gasteiger charge is -2.08. The molecular formula is C34H28N2O6S2. The van der Waals surface area contributed by atoms with Gasteiger partial charge in [0, 0.05) is 17.2 Å². The van der Waals surface area contributed by atoms with Gasteiger partial charge in [-0.2, -0.15) is 0 Å². The Morgan fingerprint density at radius 3 is 1.48 bits per heavy atom. The molecule has 10 heteroatoms. The van der Waals surface area contributed by atoms with E-state index in [-0.39, 0.29) is 9.79 Å². The second-order valence-electron chi connectivity index (χ2n) is 8.71. The molecule has 4 aromatic carbocycles. The Kier molecular flexibility index (Phi) is 12.1. The predicted molar refractivity (Wildman–Crippen MR) is 173 cm³/mol. The van der Waals surface area contributed by atoms with Crippen molar-refractivity contribution in [2.45, 2.75) is 16.7 Å². The third-order valence-corrected chi connectivity index (χ3v) is 8.12. The fourth-order valence-corrected chi connectivity index (χ4v) is 5.54. The van der Waals surface area contributed by atoms with Gasteiger partial charge in [0.05, 0.1) is 21.2 Å². The molecule has 0 atom stereocenters. The molecule has 0 aliphatic carbocycles. The summed E-state index contributed by atoms with van der Waals surface area (Å²) in [4.78, 5) is 10.7. The van der Waals surface area contributed by atoms with Gasteiger partial charge in [-0.15, -0.1) is 0 Å². The molecule has 0 spiro atoms. The average molecular weight is 625 g/mol. The van der Waals surface area contributed by atoms with Gasteiger partial charge in [-0.25, -0.2) is 21.6 Å². The van der Waals surface area contributed by atoms with Crippen molar-refractivity contribution in [3.05, 3.63) is 145 Å². The second kappa shape index (κ2) is 16.2. The molecule has 44 heavy (non-hydrogen) atoms. The van der Waals surface area contributed by atoms with E-state index in [1.807, 2.05) is 19.1 Å². The third kappa shape index (κ3) is 11.0. The number of hydrogen-bond acceptors (Lipinski definition) is 5. The van der Waals surface area contributed by atoms with Crippen molar-refractivity contribution in [3.63, 3.8) is 0 Å². The van der Waals surface area contributed by atoms with Crippen molar-refractivity contribution in [1.82, 2.24) is 0 Å². The van der Waals surface area contributed by atoms with Crippen LogP contribution in [0.5, 0.6) is 0 Å². The molecule has 0 amide bonds. The topological polar surface area (TPSA) is 130 Å². The van der Waals surface area contributed by atoms with Gasteiger partial charge in [0.2, 0.25) is 0 Å². The molecule has 222 valence electrons. The molecule has 0 heterocycles. The van der Waals surface area contributed by atoms with Crippen LogP contribution >= 0.6 is 0 Å². The van der Waals surface area contributed by atoms with Crippen LogP contribution in [0.15, 0.2) is 143 Å². The van der Waals surface area contributed by atoms with Gasteiger partial charge in [-0.3, -0.25) is 9.44 Å². The van der Waals surface area contributed by atoms with E-state index < -0.39 is 26.0 Å². The number of sulfonamides is 2. The van der Waals surface area contributed by atoms with E-state index in [0.717, 1.165) is 11.6 Å². The number of benzene rings is 4. The van der Waals surface area contributed by atoms with Crippen molar-refractivity contribution >= 4 is 37.4 Å². The van der Waals surface area contributed by atoms with Crippen LogP contribution in [-0.4, -0.2) is 27.9 Å². The normalized spacial score (nSPS) is 10.8. The number of carbonyl (C=O) groups is 1. The Morgan fingerprint density at radius 1 is 0.636 bits per heavy atom. The Bertz CT molecular complexity index is 1980. The van der Waals surface area contributed by atoms with Crippen molar-refractivity contribution in [2.24, 2.45) is 0 Å². The van der Waals surface area contributed by atoms with E-state index >= 15 is 0 Å². The van der Waals surface area contributed by atoms with Crippen LogP contribution in [0.4, 0.5) is 11.4 Å². The van der Waals surface area contributed by atoms with Crippen LogP contribution in [0.2, 0.25) is 0 Å². The minimum absolute atomic E-state index is 0.167. The van der Waals surface area contributed by atoms with E-state index in [4.69, 9.17) is 5.11 Å². The maximum atomic E-state index is 12.2. The van der Waals surface area contributed by atoms with Crippen LogP contribution in [0.25, 0.3) is 0 Å². The van der Waals surface area contributed by atoms with E-state index in [1.165, 1.54) is 18.2 Å². The van der Waals surface area contributed by atoms with Gasteiger partial charge in [0.1, 0.15) is 0 Å². The largest absolute Gasteiger partial charge is 0.478 e. The zero-order valence-corrected chi connectivity index (χ0v) is 25.1. The molecule has 0 aliphatic heterocycles. The van der Waals surface area contributed by atoms with Gasteiger partial charge in [0.25, 0.3) is 20.0 Å². The lowest BCUT2D eigenvalue weighted by atomic mass is 10.2. The molecule has 0 unspecified atom stereocenters. The summed E-state index contributed by atoms with van der Waals surface area (Å²) in [6.07, 6.45) is 5.72. The number of carboxylic acids is 1. The van der Waals surface area contributed by atoms with Crippen LogP contribution in [0, 0.1) is 23.7 Å². The SMILES string of the molecule is C/C=C/C#Cc1cccc(NS(=O)(=O)c2ccccc2)c1.O=C(O)/C=C/C#Cc1cccc(NS(=O)(=O)c2ccccc2)c1. The fourth-order valence-electron chi connectivity index (χ4n) is 3.39. The second-order valence-corrected chi connectivity index (χ2v) is 12.1. The molecule has 0 radical (unpaired) electrons. The molecule has 0 saturated heterocycles. The summed E-state index contributed by atoms with van der Waals surface area (Å²) in [5.74, 6) is 10.0. The van der Waals surface area contributed by atoms with Crippen LogP contribution < -0.4 is 9.44 Å². The first kappa shape index (κ1) is 33.0. The Balaban J connectivity index is 0.000000241. The number of rotatable bonds is 7. The van der Waals surface area contributed by atoms with Crippen LogP contribution in [-0.2, 0) is 24.8 Å². The molecular weight excluding hydrogens is 597 g/mol. The maximum absolute atomic E-state index is 12.2. The first-order chi connectivity index (χ1) is 21.1. The van der Waals surface area contributed by atoms with Crippen molar-refractivity contribution < 1.29 is 26.7 Å². The lowest BCUT2D eigenvalue weighted by molar-refractivity contribution is -0.131. The summed E-state index contributed by atoms with van der Waals surface area (Å²) in [6, 6.07) is 29.8. The third-order valence-electron chi connectivity index (χ3n) is 5.33. The molecule has 0 bridgehead atoms. The average Bonchev–Trinajstić information content (AvgIpc) is 3.01. The van der Waals surface area contributed by atoms with Crippen LogP contribution in [0.3, 0.4) is 0 Å². The standard InChI is InChI=1S/C17H13NO4S.C17H15NO2S/c19-17(20)12-5-4-7-14-8-6-9-15(13-14)18-23(21,22)16-10-2-1-3-11-16;1-2-3-5-9-15-10-8-11-16(14-15)18-21(19,20)17-12-6-4-7-13-17/h1-3,5-6,8-13,18H,(H,19,20);2-4,6-8,10-14,18H,1H3/b12-5+;3-2+. The number of allylic oxidation sites excluding steroid dienone is 3. The quantitative estimate of drug-likeness (QED) is 0.174. The van der Waals surface area contributed by atoms with E-state index in [1.54, 1.807) is 97.1 Å². The fraction of sp³-hybridized carbons (Fsp3) is 0.0294. The highest BCUT2D eigenvalue weighted by Gasteiger charge is 2.14. The molecule has 4 rings (SSSR count). The molecule has 4 aromatic rings. The minimum atomic E-state index is -3.66. The Labute approximate surface area is 257 Å². The first-order valence-electron chi connectivity index (χ1n) is 13.0. The highest BCUT2D eigenvalue weighted by atomic mass is 32.2. The molecule has 0 aromatic heterocycles. The van der Waals surface area contributed by atoms with E-state index in [9.17, 15) is 21.6 Å². The summed E-state index contributed by atoms with van der Waals surface area (Å²) in [5.41, 5.74) is 2.18. The summed E-state index contributed by atoms with van der Waals surface area (Å²) in [7, 11) is -7.22. The van der Waals surface area contributed by atoms with E-state index in [0.29, 0.717) is 16.9 Å². The minimum Gasteiger partial charge on any atom is -0.478 e. The number of nitrogens with one attached hydrogen (secondary N) is 2. The Morgan fingerprint density at radius 2 is 1.07 bits per heavy atom. The van der Waals surface area contributed by atoms with Gasteiger partial charge < -0.3 is 5.11 Å². The van der Waals surface area contributed by atoms with Crippen molar-refractivity contribution in [1.29, 1.82) is 0 Å². The predicted octanol–water partition coefficient (Wildman–Crippen LogP) is 5.89. The monoisotopic (exact) mass is 624 g/mol. The molecule has 0 aliphatic rings. The van der Waals surface area contributed by atoms with Gasteiger partial charge in [-0.1, -0.05) is 78.3 Å². The highest BCUT2D eigenvalue weighted by Crippen LogP contribution is 2.18. The molecule has 0 saturated carbocycles. The summed E-state index contributed by atoms with van der Waals surface area (Å²) >= 11 is 0. The lowest BCUT2D eigenvalue weighted by Crippen LogP contribution is -2.12. The zero-order chi connectivity index (χ0) is 31.8. The summed E-state index contributed by atoms with van der Waals surface area (Å²) in [6.45, 7) is 1.89. The zero-order valence-electron chi connectivity index (χ0n) is 23.5. The smallest absolute Gasteiger partial charge is 0.328 e. The number of aliphatic carboxylic acids is 1. The summed E-state index contributed by atoms with van der Waals surface area (Å²) in [5, 5.41) is 8.46. The maximum Gasteiger partial charge on any atom is 0.328 e. The Hall–Kier alpha value is -5.55. The molecule has 0 fully saturated rings. The molecule has 8 nitrogen and oxygen atoms in total. The van der Waals surface area contributed by atoms with Gasteiger partial charge in [0.15, 0.2) is 0 Å². The van der Waals surface area contributed by atoms with Crippen molar-refractivity contribution in [3.8, 4) is 23.7 Å². The number of carboxylic acid groups (broad SMARTS) is 1. The highest BCUT2D eigenvalue weighted by molar-refractivity contribution is 7.93. The van der Waals surface area contributed by atoms with Crippen molar-refractivity contribution in [2.75, 3.05) is 9.44 Å². The number of hydrogen-bond donors (Lipinski definition) is 3. The number of anilines is 2. The van der Waals surface area contributed by atoms with Gasteiger partial charge in [-0.05, 0) is 79.7 Å². The molecule has 3 N–H and O–H groups in total. The van der Waals surface area contributed by atoms with Gasteiger partial charge >= 0.3 is 5.97 Å².